The van der Waals surface area contributed by atoms with Crippen LogP contribution in [0.5, 0.6) is 0 Å². The molecular weight excluding hydrogens is 196 g/mol. The fourth-order valence-electron chi connectivity index (χ4n) is 1.29. The maximum absolute atomic E-state index is 11.3. The Morgan fingerprint density at radius 1 is 1.43 bits per heavy atom. The van der Waals surface area contributed by atoms with Crippen LogP contribution in [-0.4, -0.2) is 16.1 Å². The van der Waals surface area contributed by atoms with Crippen molar-refractivity contribution >= 4 is 34.2 Å². The molecule has 0 radical (unpaired) electrons. The number of carbonyl (C=O) groups excluding carboxylic acids is 1. The summed E-state index contributed by atoms with van der Waals surface area (Å²) in [5.41, 5.74) is 1.35. The first-order chi connectivity index (χ1) is 6.81. The van der Waals surface area contributed by atoms with E-state index < -0.39 is 5.91 Å². The molecule has 1 amide bonds. The summed E-state index contributed by atoms with van der Waals surface area (Å²) >= 11 is 4.36. The van der Waals surface area contributed by atoms with E-state index in [9.17, 15) is 4.79 Å². The Hall–Kier alpha value is -1.77. The largest absolute Gasteiger partial charge is 0.350 e. The highest BCUT2D eigenvalue weighted by Gasteiger charge is 2.06. The molecule has 0 fully saturated rings. The van der Waals surface area contributed by atoms with Crippen molar-refractivity contribution in [1.82, 2.24) is 4.98 Å². The van der Waals surface area contributed by atoms with Gasteiger partial charge in [0.25, 0.3) is 0 Å². The molecular formula is C10H6N2OS. The number of benzene rings is 1. The predicted octanol–water partition coefficient (Wildman–Crippen LogP) is 2.41. The molecule has 3 nitrogen and oxygen atoms in total. The first-order valence-corrected chi connectivity index (χ1v) is 4.42. The van der Waals surface area contributed by atoms with Crippen molar-refractivity contribution in [2.45, 2.75) is 0 Å². The van der Waals surface area contributed by atoms with Crippen LogP contribution in [0.1, 0.15) is 10.5 Å². The number of amides is 1. The van der Waals surface area contributed by atoms with Crippen molar-refractivity contribution < 1.29 is 4.79 Å². The van der Waals surface area contributed by atoms with Crippen LogP contribution in [0.15, 0.2) is 35.3 Å². The number of nitrogens with zero attached hydrogens (tertiary/aromatic N) is 1. The van der Waals surface area contributed by atoms with Crippen LogP contribution >= 0.6 is 12.2 Å². The van der Waals surface area contributed by atoms with Crippen LogP contribution in [0.3, 0.4) is 0 Å². The summed E-state index contributed by atoms with van der Waals surface area (Å²) in [7, 11) is 0. The van der Waals surface area contributed by atoms with Crippen molar-refractivity contribution in [3.63, 3.8) is 0 Å². The lowest BCUT2D eigenvalue weighted by Gasteiger charge is -1.85. The van der Waals surface area contributed by atoms with E-state index in [1.165, 1.54) is 0 Å². The number of isothiocyanates is 1. The Bertz CT molecular complexity index is 505. The van der Waals surface area contributed by atoms with Gasteiger partial charge in [-0.3, -0.25) is 4.79 Å². The lowest BCUT2D eigenvalue weighted by Crippen LogP contribution is -1.92. The number of nitrogens with one attached hydrogen (secondary N) is 1. The molecule has 1 heterocycles. The standard InChI is InChI=1S/C10H6N2OS/c13-10(11-6-14)9-5-7-3-1-2-4-8(7)12-9/h1-5,12H. The molecule has 1 aromatic carbocycles. The number of hydrogen-bond donors (Lipinski definition) is 1. The van der Waals surface area contributed by atoms with Crippen LogP contribution in [-0.2, 0) is 0 Å². The molecule has 0 aliphatic carbocycles. The van der Waals surface area contributed by atoms with E-state index >= 15 is 0 Å². The Morgan fingerprint density at radius 2 is 2.21 bits per heavy atom. The van der Waals surface area contributed by atoms with Gasteiger partial charge in [0.2, 0.25) is 0 Å². The van der Waals surface area contributed by atoms with Gasteiger partial charge in [0.1, 0.15) is 5.69 Å². The summed E-state index contributed by atoms with van der Waals surface area (Å²) < 4.78 is 0. The lowest BCUT2D eigenvalue weighted by atomic mass is 10.2. The quantitative estimate of drug-likeness (QED) is 0.570. The Labute approximate surface area is 85.5 Å². The second-order valence-corrected chi connectivity index (χ2v) is 2.96. The first-order valence-electron chi connectivity index (χ1n) is 4.01. The molecule has 0 saturated heterocycles. The molecule has 0 unspecified atom stereocenters. The zero-order chi connectivity index (χ0) is 9.97. The van der Waals surface area contributed by atoms with Gasteiger partial charge in [-0.2, -0.15) is 4.99 Å². The van der Waals surface area contributed by atoms with E-state index in [1.807, 2.05) is 29.4 Å². The van der Waals surface area contributed by atoms with E-state index in [0.29, 0.717) is 5.69 Å². The molecule has 2 rings (SSSR count). The highest BCUT2D eigenvalue weighted by molar-refractivity contribution is 7.78. The average Bonchev–Trinajstić information content (AvgIpc) is 2.61. The van der Waals surface area contributed by atoms with Crippen molar-refractivity contribution in [2.24, 2.45) is 4.99 Å². The van der Waals surface area contributed by atoms with Gasteiger partial charge in [-0.25, -0.2) is 0 Å². The van der Waals surface area contributed by atoms with E-state index in [1.54, 1.807) is 6.07 Å². The summed E-state index contributed by atoms with van der Waals surface area (Å²) in [6, 6.07) is 9.37. The van der Waals surface area contributed by atoms with Crippen LogP contribution in [0.25, 0.3) is 10.9 Å². The Balaban J connectivity index is 2.55. The summed E-state index contributed by atoms with van der Waals surface area (Å²) in [6.45, 7) is 0. The lowest BCUT2D eigenvalue weighted by molar-refractivity contribution is 0.1000. The molecule has 68 valence electrons. The average molecular weight is 202 g/mol. The molecule has 0 atom stereocenters. The predicted molar refractivity (Wildman–Crippen MR) is 57.7 cm³/mol. The molecule has 4 heteroatoms. The minimum absolute atomic E-state index is 0.392. The van der Waals surface area contributed by atoms with Gasteiger partial charge in [0, 0.05) is 10.9 Å². The number of aromatic nitrogens is 1. The number of aliphatic imine (C=N–C) groups is 1. The molecule has 14 heavy (non-hydrogen) atoms. The number of hydrogen-bond acceptors (Lipinski definition) is 2. The van der Waals surface area contributed by atoms with Crippen molar-refractivity contribution in [2.75, 3.05) is 0 Å². The Morgan fingerprint density at radius 3 is 2.93 bits per heavy atom. The number of fused-ring (bicyclic) bond motifs is 1. The number of carbonyl (C=O) groups is 1. The fourth-order valence-corrected chi connectivity index (χ4v) is 1.37. The molecule has 0 spiro atoms. The monoisotopic (exact) mass is 202 g/mol. The second-order valence-electron chi connectivity index (χ2n) is 2.78. The summed E-state index contributed by atoms with van der Waals surface area (Å²) in [5, 5.41) is 3.03. The minimum Gasteiger partial charge on any atom is -0.350 e. The summed E-state index contributed by atoms with van der Waals surface area (Å²) in [4.78, 5) is 17.6. The topological polar surface area (TPSA) is 45.2 Å². The van der Waals surface area contributed by atoms with E-state index in [4.69, 9.17) is 0 Å². The third-order valence-electron chi connectivity index (χ3n) is 1.91. The van der Waals surface area contributed by atoms with E-state index in [0.717, 1.165) is 10.9 Å². The van der Waals surface area contributed by atoms with Gasteiger partial charge in [-0.15, -0.1) is 0 Å². The molecule has 0 bridgehead atoms. The summed E-state index contributed by atoms with van der Waals surface area (Å²) in [6.07, 6.45) is 0. The smallest absolute Gasteiger partial charge is 0.302 e. The van der Waals surface area contributed by atoms with Crippen LogP contribution in [0.2, 0.25) is 0 Å². The molecule has 1 aromatic heterocycles. The Kier molecular flexibility index (Phi) is 2.23. The van der Waals surface area contributed by atoms with E-state index in [-0.39, 0.29) is 0 Å². The molecule has 0 aliphatic rings. The highest BCUT2D eigenvalue weighted by Crippen LogP contribution is 2.14. The number of aromatic amines is 1. The third kappa shape index (κ3) is 1.48. The SMILES string of the molecule is O=C(N=C=S)c1cc2ccccc2[nH]1. The van der Waals surface area contributed by atoms with Gasteiger partial charge in [-0.05, 0) is 24.4 Å². The molecule has 2 aromatic rings. The van der Waals surface area contributed by atoms with Gasteiger partial charge < -0.3 is 4.98 Å². The second kappa shape index (κ2) is 3.54. The number of rotatable bonds is 1. The fraction of sp³-hybridized carbons (Fsp3) is 0. The van der Waals surface area contributed by atoms with E-state index in [2.05, 4.69) is 22.2 Å². The zero-order valence-electron chi connectivity index (χ0n) is 7.15. The normalized spacial score (nSPS) is 9.71. The molecule has 0 saturated carbocycles. The van der Waals surface area contributed by atoms with Crippen molar-refractivity contribution in [3.8, 4) is 0 Å². The summed E-state index contributed by atoms with van der Waals surface area (Å²) in [5.74, 6) is -0.392. The molecule has 0 aliphatic heterocycles. The first kappa shape index (κ1) is 8.81. The minimum atomic E-state index is -0.392. The van der Waals surface area contributed by atoms with Gasteiger partial charge in [0.15, 0.2) is 0 Å². The zero-order valence-corrected chi connectivity index (χ0v) is 7.97. The van der Waals surface area contributed by atoms with Crippen LogP contribution < -0.4 is 0 Å². The maximum Gasteiger partial charge on any atom is 0.302 e. The van der Waals surface area contributed by atoms with Gasteiger partial charge >= 0.3 is 5.91 Å². The maximum atomic E-state index is 11.3. The number of para-hydroxylation sites is 1. The van der Waals surface area contributed by atoms with Gasteiger partial charge in [0.05, 0.1) is 5.16 Å². The van der Waals surface area contributed by atoms with Crippen LogP contribution in [0, 0.1) is 0 Å². The number of thiocarbonyl (C=S) groups is 1. The highest BCUT2D eigenvalue weighted by atomic mass is 32.1. The number of H-pyrrole nitrogens is 1. The molecule has 1 N–H and O–H groups in total. The van der Waals surface area contributed by atoms with Gasteiger partial charge in [-0.1, -0.05) is 18.2 Å². The van der Waals surface area contributed by atoms with Crippen LogP contribution in [0.4, 0.5) is 0 Å². The van der Waals surface area contributed by atoms with Crippen molar-refractivity contribution in [3.05, 3.63) is 36.0 Å². The third-order valence-corrected chi connectivity index (χ3v) is 2.00. The van der Waals surface area contributed by atoms with Crippen molar-refractivity contribution in [1.29, 1.82) is 0 Å².